The van der Waals surface area contributed by atoms with E-state index < -0.39 is 12.1 Å². The third kappa shape index (κ3) is 5.45. The average molecular weight is 297 g/mol. The summed E-state index contributed by atoms with van der Waals surface area (Å²) < 4.78 is 4.77. The lowest BCUT2D eigenvalue weighted by molar-refractivity contribution is -0.137. The summed E-state index contributed by atoms with van der Waals surface area (Å²) in [5.41, 5.74) is 0. The van der Waals surface area contributed by atoms with Crippen molar-refractivity contribution in [1.82, 2.24) is 15.5 Å². The Labute approximate surface area is 124 Å². The highest BCUT2D eigenvalue weighted by atomic mass is 16.5. The van der Waals surface area contributed by atoms with Crippen LogP contribution in [0.4, 0.5) is 4.79 Å². The van der Waals surface area contributed by atoms with E-state index in [-0.39, 0.29) is 18.4 Å². The number of alkyl carbamates (subject to hydrolysis) is 1. The highest BCUT2D eigenvalue weighted by Gasteiger charge is 2.31. The second kappa shape index (κ2) is 8.99. The molecule has 1 fully saturated rings. The zero-order chi connectivity index (χ0) is 15.7. The number of hydrogen-bond acceptors (Lipinski definition) is 4. The number of nitrogens with one attached hydrogen (secondary N) is 2. The van der Waals surface area contributed by atoms with Crippen LogP contribution in [0.1, 0.15) is 25.7 Å². The smallest absolute Gasteiger partial charge is 0.407 e. The van der Waals surface area contributed by atoms with Crippen molar-refractivity contribution in [3.8, 4) is 0 Å². The van der Waals surface area contributed by atoms with Crippen LogP contribution in [0.25, 0.3) is 0 Å². The first-order chi connectivity index (χ1) is 10.1. The second-order valence-corrected chi connectivity index (χ2v) is 4.78. The van der Waals surface area contributed by atoms with Gasteiger partial charge >= 0.3 is 6.09 Å². The maximum absolute atomic E-state index is 11.9. The number of amides is 3. The summed E-state index contributed by atoms with van der Waals surface area (Å²) in [4.78, 5) is 36.5. The van der Waals surface area contributed by atoms with E-state index in [1.54, 1.807) is 11.9 Å². The zero-order valence-electron chi connectivity index (χ0n) is 12.4. The molecule has 1 rings (SSSR count). The van der Waals surface area contributed by atoms with Crippen molar-refractivity contribution in [3.05, 3.63) is 12.7 Å². The summed E-state index contributed by atoms with van der Waals surface area (Å²) >= 11 is 0. The van der Waals surface area contributed by atoms with E-state index in [4.69, 9.17) is 4.74 Å². The van der Waals surface area contributed by atoms with Crippen LogP contribution >= 0.6 is 0 Å². The van der Waals surface area contributed by atoms with Crippen molar-refractivity contribution in [2.45, 2.75) is 31.7 Å². The highest BCUT2D eigenvalue weighted by Crippen LogP contribution is 2.17. The Morgan fingerprint density at radius 1 is 1.52 bits per heavy atom. The van der Waals surface area contributed by atoms with Crippen LogP contribution in [0, 0.1) is 0 Å². The number of carbonyl (C=O) groups is 3. The van der Waals surface area contributed by atoms with Gasteiger partial charge in [0.15, 0.2) is 0 Å². The van der Waals surface area contributed by atoms with Gasteiger partial charge in [-0.15, -0.1) is 0 Å². The fourth-order valence-electron chi connectivity index (χ4n) is 2.27. The molecule has 0 aromatic rings. The maximum atomic E-state index is 11.9. The Morgan fingerprint density at radius 2 is 2.29 bits per heavy atom. The fraction of sp³-hybridized carbons (Fsp3) is 0.643. The normalized spacial score (nSPS) is 15.5. The number of likely N-dealkylation sites (N-methyl/N-ethyl adjacent to an activating group) is 1. The molecule has 1 aliphatic heterocycles. The number of hydrogen-bond donors (Lipinski definition) is 2. The molecule has 21 heavy (non-hydrogen) atoms. The van der Waals surface area contributed by atoms with Crippen molar-refractivity contribution in [2.24, 2.45) is 0 Å². The van der Waals surface area contributed by atoms with Crippen LogP contribution in [-0.4, -0.2) is 55.6 Å². The first-order valence-electron chi connectivity index (χ1n) is 7.12. The molecule has 0 aromatic carbocycles. The predicted molar refractivity (Wildman–Crippen MR) is 77.6 cm³/mol. The molecule has 118 valence electrons. The Morgan fingerprint density at radius 3 is 2.86 bits per heavy atom. The van der Waals surface area contributed by atoms with Gasteiger partial charge in [-0.05, 0) is 19.3 Å². The third-order valence-electron chi connectivity index (χ3n) is 3.29. The van der Waals surface area contributed by atoms with Gasteiger partial charge in [0.05, 0.1) is 0 Å². The largest absolute Gasteiger partial charge is 0.445 e. The molecule has 7 heteroatoms. The molecule has 0 aromatic heterocycles. The van der Waals surface area contributed by atoms with E-state index in [2.05, 4.69) is 17.2 Å². The molecule has 0 saturated carbocycles. The molecule has 2 N–H and O–H groups in total. The van der Waals surface area contributed by atoms with Crippen LogP contribution in [-0.2, 0) is 14.3 Å². The first kappa shape index (κ1) is 17.0. The van der Waals surface area contributed by atoms with Gasteiger partial charge < -0.3 is 20.3 Å². The van der Waals surface area contributed by atoms with Gasteiger partial charge in [-0.1, -0.05) is 12.7 Å². The van der Waals surface area contributed by atoms with Crippen LogP contribution in [0.3, 0.4) is 0 Å². The van der Waals surface area contributed by atoms with E-state index in [0.717, 1.165) is 6.42 Å². The molecule has 1 atom stereocenters. The molecule has 0 unspecified atom stereocenters. The molecule has 1 saturated heterocycles. The highest BCUT2D eigenvalue weighted by molar-refractivity contribution is 5.88. The molecule has 7 nitrogen and oxygen atoms in total. The van der Waals surface area contributed by atoms with Gasteiger partial charge in [0, 0.05) is 26.6 Å². The Balaban J connectivity index is 2.37. The molecule has 1 aliphatic rings. The van der Waals surface area contributed by atoms with Gasteiger partial charge in [-0.2, -0.15) is 0 Å². The second-order valence-electron chi connectivity index (χ2n) is 4.78. The Bertz CT molecular complexity index is 398. The monoisotopic (exact) mass is 297 g/mol. The van der Waals surface area contributed by atoms with Crippen molar-refractivity contribution in [1.29, 1.82) is 0 Å². The molecule has 0 radical (unpaired) electrons. The van der Waals surface area contributed by atoms with Crippen LogP contribution < -0.4 is 10.6 Å². The minimum Gasteiger partial charge on any atom is -0.445 e. The number of nitrogens with zero attached hydrogens (tertiary/aromatic N) is 1. The zero-order valence-corrected chi connectivity index (χ0v) is 12.4. The quantitative estimate of drug-likeness (QED) is 0.502. The number of carbonyl (C=O) groups excluding carboxylic acids is 3. The number of rotatable bonds is 8. The van der Waals surface area contributed by atoms with Gasteiger partial charge in [-0.25, -0.2) is 4.79 Å². The first-order valence-corrected chi connectivity index (χ1v) is 7.12. The van der Waals surface area contributed by atoms with Crippen molar-refractivity contribution in [3.63, 3.8) is 0 Å². The van der Waals surface area contributed by atoms with Crippen molar-refractivity contribution < 1.29 is 19.1 Å². The van der Waals surface area contributed by atoms with Crippen molar-refractivity contribution >= 4 is 17.9 Å². The maximum Gasteiger partial charge on any atom is 0.407 e. The minimum atomic E-state index is -0.511. The van der Waals surface area contributed by atoms with Crippen LogP contribution in [0.2, 0.25) is 0 Å². The molecule has 0 spiro atoms. The summed E-state index contributed by atoms with van der Waals surface area (Å²) in [6.45, 7) is 4.62. The summed E-state index contributed by atoms with van der Waals surface area (Å²) in [5.74, 6) is -0.151. The third-order valence-corrected chi connectivity index (χ3v) is 3.29. The molecule has 1 heterocycles. The van der Waals surface area contributed by atoms with Crippen LogP contribution in [0.15, 0.2) is 12.7 Å². The Hall–Kier alpha value is -2.05. The van der Waals surface area contributed by atoms with Crippen LogP contribution in [0.5, 0.6) is 0 Å². The number of ether oxygens (including phenoxy) is 1. The predicted octanol–water partition coefficient (Wildman–Crippen LogP) is 0.416. The van der Waals surface area contributed by atoms with E-state index in [1.165, 1.54) is 6.08 Å². The van der Waals surface area contributed by atoms with Gasteiger partial charge in [-0.3, -0.25) is 9.59 Å². The lowest BCUT2D eigenvalue weighted by atomic mass is 10.1. The summed E-state index contributed by atoms with van der Waals surface area (Å²) in [5, 5.41) is 5.17. The molecule has 0 aliphatic carbocycles. The molecular formula is C14H23N3O4. The number of likely N-dealkylation sites (tertiary alicyclic amines) is 1. The lowest BCUT2D eigenvalue weighted by Gasteiger charge is -2.26. The van der Waals surface area contributed by atoms with E-state index in [1.807, 2.05) is 0 Å². The summed E-state index contributed by atoms with van der Waals surface area (Å²) in [6, 6.07) is -0.462. The Kier molecular flexibility index (Phi) is 7.28. The molecule has 0 bridgehead atoms. The minimum absolute atomic E-state index is 0.0157. The van der Waals surface area contributed by atoms with E-state index >= 15 is 0 Å². The SMILES string of the molecule is C=CCOC(=O)NCCC[C@@H](C(=O)NC)N1CCCC1=O. The standard InChI is InChI=1S/C14H23N3O4/c1-3-10-21-14(20)16-8-4-6-11(13(19)15-2)17-9-5-7-12(17)18/h3,11H,1,4-10H2,2H3,(H,15,19)(H,16,20)/t11-/m0/s1. The van der Waals surface area contributed by atoms with E-state index in [0.29, 0.717) is 32.4 Å². The summed E-state index contributed by atoms with van der Waals surface area (Å²) in [6.07, 6.45) is 3.36. The van der Waals surface area contributed by atoms with Crippen molar-refractivity contribution in [2.75, 3.05) is 26.7 Å². The summed E-state index contributed by atoms with van der Waals surface area (Å²) in [7, 11) is 1.56. The van der Waals surface area contributed by atoms with E-state index in [9.17, 15) is 14.4 Å². The average Bonchev–Trinajstić information content (AvgIpc) is 2.90. The lowest BCUT2D eigenvalue weighted by Crippen LogP contribution is -2.46. The fourth-order valence-corrected chi connectivity index (χ4v) is 2.27. The molecule has 3 amide bonds. The topological polar surface area (TPSA) is 87.7 Å². The van der Waals surface area contributed by atoms with Gasteiger partial charge in [0.2, 0.25) is 11.8 Å². The van der Waals surface area contributed by atoms with Gasteiger partial charge in [0.25, 0.3) is 0 Å². The van der Waals surface area contributed by atoms with Gasteiger partial charge in [0.1, 0.15) is 12.6 Å². The molecular weight excluding hydrogens is 274 g/mol.